The summed E-state index contributed by atoms with van der Waals surface area (Å²) in [6.45, 7) is 2.06. The predicted molar refractivity (Wildman–Crippen MR) is 166 cm³/mol. The summed E-state index contributed by atoms with van der Waals surface area (Å²) >= 11 is 5.95. The maximum absolute atomic E-state index is 6.09. The third kappa shape index (κ3) is 5.03. The maximum atomic E-state index is 6.09. The summed E-state index contributed by atoms with van der Waals surface area (Å²) in [4.78, 5) is 8.99. The molecule has 1 saturated heterocycles. The molecule has 1 fully saturated rings. The highest BCUT2D eigenvalue weighted by atomic mass is 32.1. The van der Waals surface area contributed by atoms with Gasteiger partial charge in [0.2, 0.25) is 0 Å². The lowest BCUT2D eigenvalue weighted by atomic mass is 10.0. The van der Waals surface area contributed by atoms with Gasteiger partial charge in [0.05, 0.1) is 11.7 Å². The van der Waals surface area contributed by atoms with E-state index in [-0.39, 0.29) is 12.1 Å². The number of rotatable bonds is 7. The van der Waals surface area contributed by atoms with Crippen LogP contribution in [0.4, 0.5) is 11.4 Å². The first-order valence-corrected chi connectivity index (χ1v) is 13.7. The van der Waals surface area contributed by atoms with E-state index in [0.29, 0.717) is 5.11 Å². The van der Waals surface area contributed by atoms with Crippen LogP contribution in [0.15, 0.2) is 116 Å². The van der Waals surface area contributed by atoms with Gasteiger partial charge in [0.15, 0.2) is 5.11 Å². The zero-order chi connectivity index (χ0) is 27.6. The van der Waals surface area contributed by atoms with Crippen LogP contribution in [0.5, 0.6) is 11.5 Å². The van der Waals surface area contributed by atoms with Crippen LogP contribution in [0.2, 0.25) is 0 Å². The molecule has 0 unspecified atom stereocenters. The molecule has 0 saturated carbocycles. The molecule has 5 aromatic rings. The number of aryl methyl sites for hydroxylation is 1. The average Bonchev–Trinajstić information content (AvgIpc) is 3.59. The SMILES string of the molecule is Cc1ccc(Oc2ccc(N3C(=S)N[C@H](c4ccccn4)[C@H]3c3cccn3-c3ccc(N(C)C)cc3)cc2)cc1. The first kappa shape index (κ1) is 25.6. The molecule has 0 amide bonds. The molecule has 0 bridgehead atoms. The van der Waals surface area contributed by atoms with Crippen LogP contribution in [-0.2, 0) is 0 Å². The van der Waals surface area contributed by atoms with Gasteiger partial charge in [0, 0.05) is 49.2 Å². The highest BCUT2D eigenvalue weighted by Crippen LogP contribution is 2.42. The Kier molecular flexibility index (Phi) is 6.97. The Morgan fingerprint density at radius 1 is 0.800 bits per heavy atom. The Labute approximate surface area is 240 Å². The predicted octanol–water partition coefficient (Wildman–Crippen LogP) is 7.22. The molecule has 2 atom stereocenters. The normalized spacial score (nSPS) is 16.6. The minimum absolute atomic E-state index is 0.130. The van der Waals surface area contributed by atoms with Crippen molar-refractivity contribution in [3.8, 4) is 17.2 Å². The molecule has 6 nitrogen and oxygen atoms in total. The molecule has 1 aliphatic heterocycles. The van der Waals surface area contributed by atoms with Crippen LogP contribution >= 0.6 is 12.2 Å². The van der Waals surface area contributed by atoms with Gasteiger partial charge in [-0.15, -0.1) is 0 Å². The molecule has 200 valence electrons. The Morgan fingerprint density at radius 3 is 2.12 bits per heavy atom. The number of pyridine rings is 1. The summed E-state index contributed by atoms with van der Waals surface area (Å²) in [5.41, 5.74) is 6.47. The van der Waals surface area contributed by atoms with Gasteiger partial charge in [-0.1, -0.05) is 23.8 Å². The molecule has 40 heavy (non-hydrogen) atoms. The fourth-order valence-electron chi connectivity index (χ4n) is 5.13. The molecule has 1 aliphatic rings. The Hall–Kier alpha value is -4.62. The van der Waals surface area contributed by atoms with Crippen molar-refractivity contribution in [2.75, 3.05) is 23.9 Å². The number of thiocarbonyl (C=S) groups is 1. The second kappa shape index (κ2) is 10.9. The van der Waals surface area contributed by atoms with E-state index in [4.69, 9.17) is 21.9 Å². The van der Waals surface area contributed by atoms with Gasteiger partial charge in [0.25, 0.3) is 0 Å². The van der Waals surface area contributed by atoms with E-state index in [1.54, 1.807) is 0 Å². The number of nitrogens with zero attached hydrogens (tertiary/aromatic N) is 4. The fourth-order valence-corrected chi connectivity index (χ4v) is 5.48. The zero-order valence-corrected chi connectivity index (χ0v) is 23.5. The average molecular weight is 546 g/mol. The van der Waals surface area contributed by atoms with Crippen molar-refractivity contribution in [1.82, 2.24) is 14.9 Å². The summed E-state index contributed by atoms with van der Waals surface area (Å²) in [5, 5.41) is 4.22. The molecule has 3 heterocycles. The smallest absolute Gasteiger partial charge is 0.174 e. The molecule has 0 spiro atoms. The van der Waals surface area contributed by atoms with Gasteiger partial charge in [-0.3, -0.25) is 4.98 Å². The van der Waals surface area contributed by atoms with Crippen LogP contribution < -0.4 is 19.9 Å². The third-order valence-corrected chi connectivity index (χ3v) is 7.51. The van der Waals surface area contributed by atoms with Crippen LogP contribution in [0.1, 0.15) is 29.0 Å². The maximum Gasteiger partial charge on any atom is 0.174 e. The number of benzene rings is 3. The van der Waals surface area contributed by atoms with Crippen LogP contribution in [0, 0.1) is 6.92 Å². The highest BCUT2D eigenvalue weighted by Gasteiger charge is 2.42. The van der Waals surface area contributed by atoms with Gasteiger partial charge < -0.3 is 24.4 Å². The van der Waals surface area contributed by atoms with Crippen molar-refractivity contribution in [2.24, 2.45) is 0 Å². The largest absolute Gasteiger partial charge is 0.457 e. The minimum Gasteiger partial charge on any atom is -0.457 e. The summed E-state index contributed by atoms with van der Waals surface area (Å²) in [6, 6.07) is 34.7. The van der Waals surface area contributed by atoms with E-state index < -0.39 is 0 Å². The standard InChI is InChI=1S/C33H31N5OS/c1-23-9-17-27(18-10-23)39-28-19-15-26(16-20-28)38-32(31(35-33(38)40)29-7-4-5-21-34-29)30-8-6-22-37(30)25-13-11-24(12-14-25)36(2)3/h4-22,31-32H,1-3H3,(H,35,40)/t31-,32-/m1/s1. The van der Waals surface area contributed by atoms with Gasteiger partial charge in [-0.25, -0.2) is 0 Å². The van der Waals surface area contributed by atoms with E-state index in [2.05, 4.69) is 87.4 Å². The Bertz CT molecular complexity index is 1600. The second-order valence-electron chi connectivity index (χ2n) is 10.1. The summed E-state index contributed by atoms with van der Waals surface area (Å²) in [6.07, 6.45) is 3.93. The van der Waals surface area contributed by atoms with E-state index >= 15 is 0 Å². The molecule has 3 aromatic carbocycles. The third-order valence-electron chi connectivity index (χ3n) is 7.20. The molecule has 1 N–H and O–H groups in total. The summed E-state index contributed by atoms with van der Waals surface area (Å²) < 4.78 is 8.32. The first-order valence-electron chi connectivity index (χ1n) is 13.3. The lowest BCUT2D eigenvalue weighted by Crippen LogP contribution is -2.30. The van der Waals surface area contributed by atoms with Crippen molar-refractivity contribution < 1.29 is 4.74 Å². The molecule has 6 rings (SSSR count). The number of anilines is 2. The van der Waals surface area contributed by atoms with Crippen LogP contribution in [-0.4, -0.2) is 28.8 Å². The monoisotopic (exact) mass is 545 g/mol. The van der Waals surface area contributed by atoms with Crippen molar-refractivity contribution in [3.05, 3.63) is 132 Å². The second-order valence-corrected chi connectivity index (χ2v) is 10.5. The number of ether oxygens (including phenoxy) is 1. The van der Waals surface area contributed by atoms with Gasteiger partial charge in [-0.05, 0) is 104 Å². The van der Waals surface area contributed by atoms with E-state index in [1.165, 1.54) is 5.56 Å². The first-order chi connectivity index (χ1) is 19.5. The van der Waals surface area contributed by atoms with Crippen molar-refractivity contribution in [1.29, 1.82) is 0 Å². The van der Waals surface area contributed by atoms with Crippen LogP contribution in [0.25, 0.3) is 5.69 Å². The van der Waals surface area contributed by atoms with Crippen LogP contribution in [0.3, 0.4) is 0 Å². The Morgan fingerprint density at radius 2 is 1.48 bits per heavy atom. The minimum atomic E-state index is -0.133. The summed E-state index contributed by atoms with van der Waals surface area (Å²) in [7, 11) is 4.10. The number of nitrogens with one attached hydrogen (secondary N) is 1. The van der Waals surface area contributed by atoms with E-state index in [0.717, 1.165) is 39.9 Å². The van der Waals surface area contributed by atoms with Gasteiger partial charge in [0.1, 0.15) is 17.5 Å². The number of aromatic nitrogens is 2. The van der Waals surface area contributed by atoms with E-state index in [1.807, 2.05) is 68.8 Å². The van der Waals surface area contributed by atoms with Crippen molar-refractivity contribution in [2.45, 2.75) is 19.0 Å². The highest BCUT2D eigenvalue weighted by molar-refractivity contribution is 7.80. The molecular formula is C33H31N5OS. The lowest BCUT2D eigenvalue weighted by molar-refractivity contribution is 0.482. The molecule has 0 radical (unpaired) electrons. The number of hydrogen-bond acceptors (Lipinski definition) is 4. The molecule has 2 aromatic heterocycles. The molecule has 7 heteroatoms. The topological polar surface area (TPSA) is 45.6 Å². The molecular weight excluding hydrogens is 514 g/mol. The summed E-state index contributed by atoms with van der Waals surface area (Å²) in [5.74, 6) is 1.58. The number of hydrogen-bond donors (Lipinski definition) is 1. The van der Waals surface area contributed by atoms with E-state index in [9.17, 15) is 0 Å². The lowest BCUT2D eigenvalue weighted by Gasteiger charge is -2.29. The van der Waals surface area contributed by atoms with Gasteiger partial charge in [-0.2, -0.15) is 0 Å². The van der Waals surface area contributed by atoms with Gasteiger partial charge >= 0.3 is 0 Å². The van der Waals surface area contributed by atoms with Crippen molar-refractivity contribution in [3.63, 3.8) is 0 Å². The van der Waals surface area contributed by atoms with Crippen molar-refractivity contribution >= 4 is 28.7 Å². The zero-order valence-electron chi connectivity index (χ0n) is 22.7. The quantitative estimate of drug-likeness (QED) is 0.218. The Balaban J connectivity index is 1.37. The fraction of sp³-hybridized carbons (Fsp3) is 0.152. The molecule has 0 aliphatic carbocycles.